The first kappa shape index (κ1) is 13.6. The molecular weight excluding hydrogens is 220 g/mol. The Hall–Kier alpha value is -1.40. The quantitative estimate of drug-likeness (QED) is 0.777. The molecule has 1 rings (SSSR count). The standard InChI is InChI=1S/C8H12N4O2.ClH/c1-5(9)7(13)12-6-3-10-4-11-8(6)14-2;/h3-5H,9H2,1-2H3,(H,12,13);1H/t5-;/m0./s1. The predicted molar refractivity (Wildman–Crippen MR) is 58.1 cm³/mol. The Morgan fingerprint density at radius 2 is 2.33 bits per heavy atom. The lowest BCUT2D eigenvalue weighted by atomic mass is 10.3. The van der Waals surface area contributed by atoms with Gasteiger partial charge in [-0.2, -0.15) is 4.98 Å². The summed E-state index contributed by atoms with van der Waals surface area (Å²) in [6.07, 6.45) is 2.78. The average Bonchev–Trinajstić information content (AvgIpc) is 2.18. The normalized spacial score (nSPS) is 11.1. The van der Waals surface area contributed by atoms with Crippen LogP contribution in [0.4, 0.5) is 5.69 Å². The molecule has 6 nitrogen and oxygen atoms in total. The first-order chi connectivity index (χ1) is 6.65. The summed E-state index contributed by atoms with van der Waals surface area (Å²) in [5.74, 6) is 0.00657. The molecule has 0 fully saturated rings. The molecule has 0 aliphatic rings. The van der Waals surface area contributed by atoms with Crippen molar-refractivity contribution in [2.24, 2.45) is 5.73 Å². The first-order valence-corrected chi connectivity index (χ1v) is 4.05. The summed E-state index contributed by atoms with van der Waals surface area (Å²) < 4.78 is 4.92. The first-order valence-electron chi connectivity index (χ1n) is 4.05. The van der Waals surface area contributed by atoms with E-state index in [1.54, 1.807) is 6.92 Å². The van der Waals surface area contributed by atoms with Gasteiger partial charge in [-0.3, -0.25) is 4.79 Å². The van der Waals surface area contributed by atoms with Crippen molar-refractivity contribution >= 4 is 24.0 Å². The van der Waals surface area contributed by atoms with Gasteiger partial charge in [0, 0.05) is 0 Å². The van der Waals surface area contributed by atoms with Crippen LogP contribution < -0.4 is 15.8 Å². The van der Waals surface area contributed by atoms with Gasteiger partial charge in [0.15, 0.2) is 0 Å². The van der Waals surface area contributed by atoms with Crippen LogP contribution in [0, 0.1) is 0 Å². The van der Waals surface area contributed by atoms with E-state index in [0.717, 1.165) is 0 Å². The van der Waals surface area contributed by atoms with Crippen molar-refractivity contribution in [2.75, 3.05) is 12.4 Å². The number of halogens is 1. The molecular formula is C8H13ClN4O2. The summed E-state index contributed by atoms with van der Waals surface area (Å²) in [6.45, 7) is 1.59. The minimum absolute atomic E-state index is 0. The summed E-state index contributed by atoms with van der Waals surface area (Å²) in [4.78, 5) is 18.8. The van der Waals surface area contributed by atoms with Crippen LogP contribution in [0.25, 0.3) is 0 Å². The maximum atomic E-state index is 11.2. The van der Waals surface area contributed by atoms with E-state index in [4.69, 9.17) is 10.5 Å². The minimum Gasteiger partial charge on any atom is -0.479 e. The van der Waals surface area contributed by atoms with Crippen molar-refractivity contribution in [1.29, 1.82) is 0 Å². The second kappa shape index (κ2) is 6.15. The Morgan fingerprint density at radius 3 is 2.87 bits per heavy atom. The Morgan fingerprint density at radius 1 is 1.67 bits per heavy atom. The van der Waals surface area contributed by atoms with E-state index in [1.807, 2.05) is 0 Å². The van der Waals surface area contributed by atoms with E-state index >= 15 is 0 Å². The molecule has 0 radical (unpaired) electrons. The highest BCUT2D eigenvalue weighted by Gasteiger charge is 2.11. The fourth-order valence-corrected chi connectivity index (χ4v) is 0.813. The molecule has 0 aromatic carbocycles. The molecule has 0 spiro atoms. The number of nitrogens with one attached hydrogen (secondary N) is 1. The van der Waals surface area contributed by atoms with Crippen LogP contribution >= 0.6 is 12.4 Å². The number of methoxy groups -OCH3 is 1. The number of aromatic nitrogens is 2. The topological polar surface area (TPSA) is 90.1 Å². The van der Waals surface area contributed by atoms with E-state index < -0.39 is 6.04 Å². The monoisotopic (exact) mass is 232 g/mol. The molecule has 0 aliphatic heterocycles. The lowest BCUT2D eigenvalue weighted by molar-refractivity contribution is -0.117. The van der Waals surface area contributed by atoms with E-state index in [1.165, 1.54) is 19.6 Å². The van der Waals surface area contributed by atoms with Gasteiger partial charge < -0.3 is 15.8 Å². The molecule has 15 heavy (non-hydrogen) atoms. The smallest absolute Gasteiger partial charge is 0.241 e. The number of nitrogens with two attached hydrogens (primary N) is 1. The van der Waals surface area contributed by atoms with Crippen molar-refractivity contribution in [3.05, 3.63) is 12.5 Å². The number of carbonyl (C=O) groups is 1. The maximum Gasteiger partial charge on any atom is 0.241 e. The number of nitrogens with zero attached hydrogens (tertiary/aromatic N) is 2. The zero-order valence-corrected chi connectivity index (χ0v) is 9.25. The predicted octanol–water partition coefficient (Wildman–Crippen LogP) is 0.193. The van der Waals surface area contributed by atoms with Gasteiger partial charge in [0.1, 0.15) is 12.0 Å². The summed E-state index contributed by atoms with van der Waals surface area (Å²) >= 11 is 0. The van der Waals surface area contributed by atoms with E-state index in [9.17, 15) is 4.79 Å². The molecule has 0 aliphatic carbocycles. The molecule has 3 N–H and O–H groups in total. The third kappa shape index (κ3) is 3.69. The number of anilines is 1. The van der Waals surface area contributed by atoms with Crippen LogP contribution in [0.5, 0.6) is 5.88 Å². The summed E-state index contributed by atoms with van der Waals surface area (Å²) in [7, 11) is 1.46. The van der Waals surface area contributed by atoms with Crippen molar-refractivity contribution in [2.45, 2.75) is 13.0 Å². The number of ether oxygens (including phenoxy) is 1. The number of hydrogen-bond acceptors (Lipinski definition) is 5. The second-order valence-electron chi connectivity index (χ2n) is 2.72. The molecule has 1 amide bonds. The molecule has 0 bridgehead atoms. The maximum absolute atomic E-state index is 11.2. The highest BCUT2D eigenvalue weighted by atomic mass is 35.5. The van der Waals surface area contributed by atoms with Crippen molar-refractivity contribution in [3.8, 4) is 5.88 Å². The summed E-state index contributed by atoms with van der Waals surface area (Å²) in [6, 6.07) is -0.583. The number of amides is 1. The zero-order chi connectivity index (χ0) is 10.6. The molecule has 1 atom stereocenters. The van der Waals surface area contributed by atoms with Gasteiger partial charge >= 0.3 is 0 Å². The molecule has 0 unspecified atom stereocenters. The minimum atomic E-state index is -0.583. The Kier molecular flexibility index (Phi) is 5.58. The third-order valence-electron chi connectivity index (χ3n) is 1.54. The lowest BCUT2D eigenvalue weighted by Gasteiger charge is -2.09. The number of carbonyl (C=O) groups excluding carboxylic acids is 1. The lowest BCUT2D eigenvalue weighted by Crippen LogP contribution is -2.32. The van der Waals surface area contributed by atoms with Gasteiger partial charge in [-0.15, -0.1) is 12.4 Å². The highest BCUT2D eigenvalue weighted by Crippen LogP contribution is 2.18. The van der Waals surface area contributed by atoms with Crippen LogP contribution in [-0.2, 0) is 4.79 Å². The number of hydrogen-bond donors (Lipinski definition) is 2. The van der Waals surface area contributed by atoms with Gasteiger partial charge in [-0.25, -0.2) is 4.98 Å². The highest BCUT2D eigenvalue weighted by molar-refractivity contribution is 5.95. The van der Waals surface area contributed by atoms with Crippen LogP contribution in [-0.4, -0.2) is 29.0 Å². The van der Waals surface area contributed by atoms with Gasteiger partial charge in [0.25, 0.3) is 0 Å². The summed E-state index contributed by atoms with van der Waals surface area (Å²) in [5.41, 5.74) is 5.80. The Balaban J connectivity index is 0.00000196. The molecule has 7 heteroatoms. The Labute approximate surface area is 93.6 Å². The van der Waals surface area contributed by atoms with E-state index in [0.29, 0.717) is 11.6 Å². The molecule has 1 heterocycles. The zero-order valence-electron chi connectivity index (χ0n) is 8.43. The van der Waals surface area contributed by atoms with Crippen LogP contribution in [0.15, 0.2) is 12.5 Å². The van der Waals surface area contributed by atoms with Crippen LogP contribution in [0.3, 0.4) is 0 Å². The number of rotatable bonds is 3. The molecule has 1 aromatic heterocycles. The van der Waals surface area contributed by atoms with Crippen molar-refractivity contribution in [1.82, 2.24) is 9.97 Å². The second-order valence-corrected chi connectivity index (χ2v) is 2.72. The van der Waals surface area contributed by atoms with Gasteiger partial charge in [-0.05, 0) is 6.92 Å². The fraction of sp³-hybridized carbons (Fsp3) is 0.375. The molecule has 84 valence electrons. The van der Waals surface area contributed by atoms with Crippen molar-refractivity contribution in [3.63, 3.8) is 0 Å². The van der Waals surface area contributed by atoms with Gasteiger partial charge in [0.05, 0.1) is 19.3 Å². The third-order valence-corrected chi connectivity index (χ3v) is 1.54. The average molecular weight is 233 g/mol. The fourth-order valence-electron chi connectivity index (χ4n) is 0.813. The molecule has 0 saturated carbocycles. The molecule has 0 saturated heterocycles. The summed E-state index contributed by atoms with van der Waals surface area (Å²) in [5, 5.41) is 2.55. The van der Waals surface area contributed by atoms with Gasteiger partial charge in [-0.1, -0.05) is 0 Å². The molecule has 1 aromatic rings. The van der Waals surface area contributed by atoms with E-state index in [-0.39, 0.29) is 18.3 Å². The van der Waals surface area contributed by atoms with Crippen LogP contribution in [0.1, 0.15) is 6.92 Å². The van der Waals surface area contributed by atoms with Gasteiger partial charge in [0.2, 0.25) is 11.8 Å². The van der Waals surface area contributed by atoms with Crippen LogP contribution in [0.2, 0.25) is 0 Å². The Bertz CT molecular complexity index is 332. The van der Waals surface area contributed by atoms with E-state index in [2.05, 4.69) is 15.3 Å². The largest absolute Gasteiger partial charge is 0.479 e. The van der Waals surface area contributed by atoms with Crippen molar-refractivity contribution < 1.29 is 9.53 Å². The SMILES string of the molecule is COc1ncncc1NC(=O)[C@H](C)N.Cl.